The van der Waals surface area contributed by atoms with Crippen molar-refractivity contribution in [3.63, 3.8) is 0 Å². The van der Waals surface area contributed by atoms with Gasteiger partial charge in [-0.25, -0.2) is 0 Å². The second-order valence-electron chi connectivity index (χ2n) is 5.83. The Kier molecular flexibility index (Phi) is 4.33. The first kappa shape index (κ1) is 15.5. The number of para-hydroxylation sites is 1. The fraction of sp³-hybridized carbons (Fsp3) is 0.389. The SMILES string of the molecule is CCC(O)(c1cccnc1)C(C)(C)Oc1ccccc1C. The minimum atomic E-state index is -1.11. The zero-order chi connectivity index (χ0) is 15.5. The molecule has 0 saturated heterocycles. The van der Waals surface area contributed by atoms with Crippen LogP contribution in [-0.2, 0) is 5.60 Å². The van der Waals surface area contributed by atoms with E-state index >= 15 is 0 Å². The highest BCUT2D eigenvalue weighted by molar-refractivity contribution is 5.33. The molecule has 1 unspecified atom stereocenters. The average Bonchev–Trinajstić information content (AvgIpc) is 2.49. The monoisotopic (exact) mass is 285 g/mol. The second kappa shape index (κ2) is 5.86. The maximum atomic E-state index is 11.2. The van der Waals surface area contributed by atoms with Crippen LogP contribution in [0.3, 0.4) is 0 Å². The van der Waals surface area contributed by atoms with E-state index in [0.29, 0.717) is 6.42 Å². The fourth-order valence-electron chi connectivity index (χ4n) is 2.62. The molecule has 3 heteroatoms. The van der Waals surface area contributed by atoms with Gasteiger partial charge in [-0.05, 0) is 44.9 Å². The summed E-state index contributed by atoms with van der Waals surface area (Å²) >= 11 is 0. The molecule has 0 radical (unpaired) electrons. The van der Waals surface area contributed by atoms with E-state index in [1.54, 1.807) is 12.4 Å². The van der Waals surface area contributed by atoms with Gasteiger partial charge in [-0.3, -0.25) is 4.98 Å². The smallest absolute Gasteiger partial charge is 0.136 e. The van der Waals surface area contributed by atoms with Crippen molar-refractivity contribution >= 4 is 0 Å². The predicted molar refractivity (Wildman–Crippen MR) is 84.3 cm³/mol. The second-order valence-corrected chi connectivity index (χ2v) is 5.83. The summed E-state index contributed by atoms with van der Waals surface area (Å²) in [4.78, 5) is 4.12. The fourth-order valence-corrected chi connectivity index (χ4v) is 2.62. The highest BCUT2D eigenvalue weighted by atomic mass is 16.5. The zero-order valence-electron chi connectivity index (χ0n) is 13.1. The van der Waals surface area contributed by atoms with E-state index < -0.39 is 11.2 Å². The lowest BCUT2D eigenvalue weighted by molar-refractivity contribution is -0.124. The Balaban J connectivity index is 2.38. The molecule has 112 valence electrons. The summed E-state index contributed by atoms with van der Waals surface area (Å²) < 4.78 is 6.17. The molecule has 2 rings (SSSR count). The Morgan fingerprint density at radius 1 is 1.14 bits per heavy atom. The van der Waals surface area contributed by atoms with E-state index in [-0.39, 0.29) is 0 Å². The molecular weight excluding hydrogens is 262 g/mol. The number of aryl methyl sites for hydroxylation is 1. The van der Waals surface area contributed by atoms with E-state index in [9.17, 15) is 5.11 Å². The molecule has 0 fully saturated rings. The first-order chi connectivity index (χ1) is 9.90. The lowest BCUT2D eigenvalue weighted by Crippen LogP contribution is -2.51. The van der Waals surface area contributed by atoms with Crippen LogP contribution in [0, 0.1) is 6.92 Å². The van der Waals surface area contributed by atoms with Gasteiger partial charge in [-0.15, -0.1) is 0 Å². The summed E-state index contributed by atoms with van der Waals surface area (Å²) in [5.74, 6) is 0.790. The van der Waals surface area contributed by atoms with Gasteiger partial charge in [0.25, 0.3) is 0 Å². The van der Waals surface area contributed by atoms with Gasteiger partial charge in [0.2, 0.25) is 0 Å². The van der Waals surface area contributed by atoms with Crippen molar-refractivity contribution in [1.29, 1.82) is 0 Å². The number of aromatic nitrogens is 1. The number of ether oxygens (including phenoxy) is 1. The van der Waals surface area contributed by atoms with Crippen LogP contribution in [0.4, 0.5) is 0 Å². The summed E-state index contributed by atoms with van der Waals surface area (Å²) in [6.45, 7) is 7.78. The highest BCUT2D eigenvalue weighted by Gasteiger charge is 2.46. The lowest BCUT2D eigenvalue weighted by Gasteiger charge is -2.42. The van der Waals surface area contributed by atoms with Crippen molar-refractivity contribution in [3.8, 4) is 5.75 Å². The Morgan fingerprint density at radius 2 is 1.86 bits per heavy atom. The van der Waals surface area contributed by atoms with Crippen LogP contribution in [0.2, 0.25) is 0 Å². The van der Waals surface area contributed by atoms with Crippen molar-refractivity contribution in [2.45, 2.75) is 45.3 Å². The molecule has 1 aromatic heterocycles. The van der Waals surface area contributed by atoms with Crippen molar-refractivity contribution in [1.82, 2.24) is 4.98 Å². The van der Waals surface area contributed by atoms with Crippen molar-refractivity contribution in [2.75, 3.05) is 0 Å². The first-order valence-electron chi connectivity index (χ1n) is 7.28. The quantitative estimate of drug-likeness (QED) is 0.907. The van der Waals surface area contributed by atoms with Gasteiger partial charge >= 0.3 is 0 Å². The predicted octanol–water partition coefficient (Wildman–Crippen LogP) is 3.85. The number of pyridine rings is 1. The Morgan fingerprint density at radius 3 is 2.43 bits per heavy atom. The minimum Gasteiger partial charge on any atom is -0.484 e. The molecule has 0 spiro atoms. The normalized spacial score (nSPS) is 14.5. The highest BCUT2D eigenvalue weighted by Crippen LogP contribution is 2.39. The van der Waals surface area contributed by atoms with Gasteiger partial charge in [0.05, 0.1) is 0 Å². The van der Waals surface area contributed by atoms with Crippen LogP contribution >= 0.6 is 0 Å². The largest absolute Gasteiger partial charge is 0.484 e. The van der Waals surface area contributed by atoms with Gasteiger partial charge in [-0.1, -0.05) is 31.2 Å². The molecule has 1 atom stereocenters. The van der Waals surface area contributed by atoms with Gasteiger partial charge in [0, 0.05) is 18.0 Å². The summed E-state index contributed by atoms with van der Waals surface area (Å²) in [5.41, 5.74) is -0.0678. The van der Waals surface area contributed by atoms with E-state index in [0.717, 1.165) is 16.9 Å². The zero-order valence-corrected chi connectivity index (χ0v) is 13.1. The number of nitrogens with zero attached hydrogens (tertiary/aromatic N) is 1. The number of benzene rings is 1. The topological polar surface area (TPSA) is 42.4 Å². The third-order valence-electron chi connectivity index (χ3n) is 4.11. The third kappa shape index (κ3) is 2.93. The Labute approximate surface area is 126 Å². The Hall–Kier alpha value is -1.87. The number of hydrogen-bond acceptors (Lipinski definition) is 3. The van der Waals surface area contributed by atoms with Crippen LogP contribution in [0.1, 0.15) is 38.3 Å². The van der Waals surface area contributed by atoms with E-state index in [2.05, 4.69) is 4.98 Å². The molecule has 0 aliphatic heterocycles. The van der Waals surface area contributed by atoms with Crippen LogP contribution in [0.15, 0.2) is 48.8 Å². The van der Waals surface area contributed by atoms with Gasteiger partial charge in [0.1, 0.15) is 17.0 Å². The maximum Gasteiger partial charge on any atom is 0.136 e. The minimum absolute atomic E-state index is 0.539. The third-order valence-corrected chi connectivity index (χ3v) is 4.11. The van der Waals surface area contributed by atoms with Crippen molar-refractivity contribution in [3.05, 3.63) is 59.9 Å². The molecule has 1 aromatic carbocycles. The Bertz CT molecular complexity index is 595. The molecular formula is C18H23NO2. The van der Waals surface area contributed by atoms with E-state index in [1.807, 2.05) is 64.1 Å². The summed E-state index contributed by atoms with van der Waals surface area (Å²) in [6.07, 6.45) is 3.94. The van der Waals surface area contributed by atoms with Crippen molar-refractivity contribution < 1.29 is 9.84 Å². The molecule has 0 saturated carbocycles. The van der Waals surface area contributed by atoms with Gasteiger partial charge in [-0.2, -0.15) is 0 Å². The molecule has 1 heterocycles. The van der Waals surface area contributed by atoms with E-state index in [1.165, 1.54) is 0 Å². The van der Waals surface area contributed by atoms with Gasteiger partial charge in [0.15, 0.2) is 0 Å². The van der Waals surface area contributed by atoms with Crippen LogP contribution < -0.4 is 4.74 Å². The molecule has 0 aliphatic rings. The van der Waals surface area contributed by atoms with Crippen molar-refractivity contribution in [2.24, 2.45) is 0 Å². The van der Waals surface area contributed by atoms with Crippen LogP contribution in [0.5, 0.6) is 5.75 Å². The maximum absolute atomic E-state index is 11.2. The average molecular weight is 285 g/mol. The summed E-state index contributed by atoms with van der Waals surface area (Å²) in [7, 11) is 0. The number of hydrogen-bond donors (Lipinski definition) is 1. The molecule has 0 amide bonds. The molecule has 0 aliphatic carbocycles. The lowest BCUT2D eigenvalue weighted by atomic mass is 9.78. The number of aliphatic hydroxyl groups is 1. The summed E-state index contributed by atoms with van der Waals surface area (Å²) in [6, 6.07) is 11.6. The first-order valence-corrected chi connectivity index (χ1v) is 7.28. The van der Waals surface area contributed by atoms with Crippen LogP contribution in [0.25, 0.3) is 0 Å². The van der Waals surface area contributed by atoms with E-state index in [4.69, 9.17) is 4.74 Å². The molecule has 21 heavy (non-hydrogen) atoms. The molecule has 2 aromatic rings. The number of rotatable bonds is 5. The molecule has 1 N–H and O–H groups in total. The summed E-state index contributed by atoms with van der Waals surface area (Å²) in [5, 5.41) is 11.2. The standard InChI is InChI=1S/C18H23NO2/c1-5-18(20,15-10-8-12-19-13-15)17(3,4)21-16-11-7-6-9-14(16)2/h6-13,20H,5H2,1-4H3. The van der Waals surface area contributed by atoms with Gasteiger partial charge < -0.3 is 9.84 Å². The van der Waals surface area contributed by atoms with Crippen LogP contribution in [-0.4, -0.2) is 15.7 Å². The molecule has 0 bridgehead atoms. The molecule has 3 nitrogen and oxygen atoms in total.